The van der Waals surface area contributed by atoms with Crippen molar-refractivity contribution in [1.82, 2.24) is 0 Å². The molecule has 0 saturated carbocycles. The minimum atomic E-state index is -5.02. The number of hydrogen-bond acceptors (Lipinski definition) is 1. The molecule has 0 aliphatic rings. The number of carbonyl (C=O) groups excluding carboxylic acids is 1. The van der Waals surface area contributed by atoms with E-state index in [0.717, 1.165) is 0 Å². The fourth-order valence-corrected chi connectivity index (χ4v) is 2.00. The van der Waals surface area contributed by atoms with Gasteiger partial charge in [0.05, 0.1) is 11.1 Å². The molecule has 1 nitrogen and oxygen atoms in total. The van der Waals surface area contributed by atoms with Crippen molar-refractivity contribution in [1.29, 1.82) is 0 Å². The first-order valence-corrected chi connectivity index (χ1v) is 6.31. The van der Waals surface area contributed by atoms with Crippen molar-refractivity contribution in [2.75, 3.05) is 0 Å². The topological polar surface area (TPSA) is 17.1 Å². The van der Waals surface area contributed by atoms with Gasteiger partial charge in [0.1, 0.15) is 0 Å². The predicted octanol–water partition coefficient (Wildman–Crippen LogP) is 5.34. The Labute approximate surface area is 118 Å². The van der Waals surface area contributed by atoms with Crippen LogP contribution in [0, 0.1) is 5.92 Å². The van der Waals surface area contributed by atoms with Crippen molar-refractivity contribution < 1.29 is 31.1 Å². The zero-order valence-electron chi connectivity index (χ0n) is 11.4. The molecule has 21 heavy (non-hydrogen) atoms. The van der Waals surface area contributed by atoms with Crippen molar-refractivity contribution in [2.24, 2.45) is 5.92 Å². The lowest BCUT2D eigenvalue weighted by molar-refractivity contribution is -0.143. The van der Waals surface area contributed by atoms with Crippen molar-refractivity contribution >= 4 is 5.78 Å². The van der Waals surface area contributed by atoms with E-state index in [1.807, 2.05) is 0 Å². The summed E-state index contributed by atoms with van der Waals surface area (Å²) in [5.74, 6) is -1.47. The molecule has 118 valence electrons. The molecule has 0 aliphatic heterocycles. The second-order valence-electron chi connectivity index (χ2n) is 4.81. The van der Waals surface area contributed by atoms with Crippen LogP contribution in [0.3, 0.4) is 0 Å². The number of benzene rings is 1. The van der Waals surface area contributed by atoms with Crippen LogP contribution in [-0.4, -0.2) is 5.78 Å². The number of ketones is 1. The SMILES string of the molecule is CCCC(C)C(=O)c1ccc(C(F)(F)F)cc1C(F)(F)F. The summed E-state index contributed by atoms with van der Waals surface area (Å²) in [5, 5.41) is 0. The average Bonchev–Trinajstić information content (AvgIpc) is 2.35. The number of halogens is 6. The summed E-state index contributed by atoms with van der Waals surface area (Å²) < 4.78 is 76.3. The highest BCUT2D eigenvalue weighted by Crippen LogP contribution is 2.38. The van der Waals surface area contributed by atoms with Crippen LogP contribution < -0.4 is 0 Å². The van der Waals surface area contributed by atoms with Crippen LogP contribution in [-0.2, 0) is 12.4 Å². The molecule has 7 heteroatoms. The van der Waals surface area contributed by atoms with Gasteiger partial charge in [-0.3, -0.25) is 4.79 Å². The van der Waals surface area contributed by atoms with Crippen LogP contribution in [0.2, 0.25) is 0 Å². The molecule has 0 fully saturated rings. The molecular weight excluding hydrogens is 298 g/mol. The zero-order chi connectivity index (χ0) is 16.4. The largest absolute Gasteiger partial charge is 0.417 e. The summed E-state index contributed by atoms with van der Waals surface area (Å²) >= 11 is 0. The van der Waals surface area contributed by atoms with E-state index < -0.39 is 40.7 Å². The van der Waals surface area contributed by atoms with Gasteiger partial charge in [0.25, 0.3) is 0 Å². The van der Waals surface area contributed by atoms with E-state index in [-0.39, 0.29) is 6.07 Å². The molecule has 0 amide bonds. The van der Waals surface area contributed by atoms with Gasteiger partial charge in [-0.2, -0.15) is 26.3 Å². The number of alkyl halides is 6. The van der Waals surface area contributed by atoms with E-state index >= 15 is 0 Å². The van der Waals surface area contributed by atoms with Gasteiger partial charge >= 0.3 is 12.4 Å². The first-order valence-electron chi connectivity index (χ1n) is 6.31. The van der Waals surface area contributed by atoms with Crippen molar-refractivity contribution in [3.8, 4) is 0 Å². The van der Waals surface area contributed by atoms with Gasteiger partial charge in [0, 0.05) is 11.5 Å². The van der Waals surface area contributed by atoms with Crippen LogP contribution in [0.15, 0.2) is 18.2 Å². The zero-order valence-corrected chi connectivity index (χ0v) is 11.4. The molecule has 0 aliphatic carbocycles. The molecule has 0 spiro atoms. The first-order chi connectivity index (χ1) is 9.48. The van der Waals surface area contributed by atoms with Crippen LogP contribution in [0.25, 0.3) is 0 Å². The van der Waals surface area contributed by atoms with Gasteiger partial charge in [-0.1, -0.05) is 26.3 Å². The minimum Gasteiger partial charge on any atom is -0.294 e. The number of rotatable bonds is 4. The van der Waals surface area contributed by atoms with Gasteiger partial charge in [-0.15, -0.1) is 0 Å². The molecule has 1 rings (SSSR count). The highest BCUT2D eigenvalue weighted by atomic mass is 19.4. The van der Waals surface area contributed by atoms with Gasteiger partial charge in [-0.25, -0.2) is 0 Å². The van der Waals surface area contributed by atoms with E-state index in [2.05, 4.69) is 0 Å². The van der Waals surface area contributed by atoms with Gasteiger partial charge in [0.15, 0.2) is 5.78 Å². The Bertz CT molecular complexity index is 515. The predicted molar refractivity (Wildman–Crippen MR) is 64.8 cm³/mol. The third kappa shape index (κ3) is 4.22. The second kappa shape index (κ2) is 6.07. The van der Waals surface area contributed by atoms with Crippen LogP contribution >= 0.6 is 0 Å². The molecule has 1 unspecified atom stereocenters. The maximum atomic E-state index is 12.9. The van der Waals surface area contributed by atoms with E-state index in [0.29, 0.717) is 25.0 Å². The Hall–Kier alpha value is -1.53. The Morgan fingerprint density at radius 3 is 2.10 bits per heavy atom. The number of Topliss-reactive ketones (excluding diaryl/α,β-unsaturated/α-hetero) is 1. The molecule has 1 aromatic carbocycles. The smallest absolute Gasteiger partial charge is 0.294 e. The van der Waals surface area contributed by atoms with Crippen LogP contribution in [0.5, 0.6) is 0 Å². The normalized spacial score (nSPS) is 14.1. The molecule has 0 N–H and O–H groups in total. The molecule has 1 atom stereocenters. The summed E-state index contributed by atoms with van der Waals surface area (Å²) in [5.41, 5.74) is -3.67. The Morgan fingerprint density at radius 2 is 1.67 bits per heavy atom. The lowest BCUT2D eigenvalue weighted by atomic mass is 9.91. The fraction of sp³-hybridized carbons (Fsp3) is 0.500. The summed E-state index contributed by atoms with van der Waals surface area (Å²) in [6.45, 7) is 3.23. The summed E-state index contributed by atoms with van der Waals surface area (Å²) in [6, 6.07) is 1.10. The van der Waals surface area contributed by atoms with E-state index in [1.54, 1.807) is 6.92 Å². The lowest BCUT2D eigenvalue weighted by Gasteiger charge is -2.17. The number of hydrogen-bond donors (Lipinski definition) is 0. The third-order valence-electron chi connectivity index (χ3n) is 3.09. The highest BCUT2D eigenvalue weighted by Gasteiger charge is 2.39. The van der Waals surface area contributed by atoms with E-state index in [9.17, 15) is 31.1 Å². The first kappa shape index (κ1) is 17.5. The van der Waals surface area contributed by atoms with E-state index in [4.69, 9.17) is 0 Å². The van der Waals surface area contributed by atoms with Crippen LogP contribution in [0.1, 0.15) is 48.2 Å². The fourth-order valence-electron chi connectivity index (χ4n) is 2.00. The van der Waals surface area contributed by atoms with Crippen LogP contribution in [0.4, 0.5) is 26.3 Å². The third-order valence-corrected chi connectivity index (χ3v) is 3.09. The van der Waals surface area contributed by atoms with Crippen molar-refractivity contribution in [3.63, 3.8) is 0 Å². The lowest BCUT2D eigenvalue weighted by Crippen LogP contribution is -2.19. The summed E-state index contributed by atoms with van der Waals surface area (Å²) in [6.07, 6.45) is -8.94. The Kier molecular flexibility index (Phi) is 5.07. The summed E-state index contributed by atoms with van der Waals surface area (Å²) in [7, 11) is 0. The Balaban J connectivity index is 3.36. The van der Waals surface area contributed by atoms with Crippen molar-refractivity contribution in [3.05, 3.63) is 34.9 Å². The molecular formula is C14H14F6O. The maximum absolute atomic E-state index is 12.9. The Morgan fingerprint density at radius 1 is 1.10 bits per heavy atom. The highest BCUT2D eigenvalue weighted by molar-refractivity contribution is 5.99. The second-order valence-corrected chi connectivity index (χ2v) is 4.81. The molecule has 0 heterocycles. The van der Waals surface area contributed by atoms with Gasteiger partial charge < -0.3 is 0 Å². The molecule has 0 aromatic heterocycles. The van der Waals surface area contributed by atoms with Gasteiger partial charge in [-0.05, 0) is 18.6 Å². The molecule has 0 saturated heterocycles. The average molecular weight is 312 g/mol. The van der Waals surface area contributed by atoms with Crippen molar-refractivity contribution in [2.45, 2.75) is 39.0 Å². The molecule has 1 aromatic rings. The van der Waals surface area contributed by atoms with E-state index in [1.165, 1.54) is 6.92 Å². The van der Waals surface area contributed by atoms with Gasteiger partial charge in [0.2, 0.25) is 0 Å². The molecule has 0 radical (unpaired) electrons. The molecule has 0 bridgehead atoms. The summed E-state index contributed by atoms with van der Waals surface area (Å²) in [4.78, 5) is 12.0. The number of carbonyl (C=O) groups is 1. The standard InChI is InChI=1S/C14H14F6O/c1-3-4-8(2)12(21)10-6-5-9(13(15,16)17)7-11(10)14(18,19)20/h5-8H,3-4H2,1-2H3. The quantitative estimate of drug-likeness (QED) is 0.541. The maximum Gasteiger partial charge on any atom is 0.417 e. The minimum absolute atomic E-state index is 0.00804. The monoisotopic (exact) mass is 312 g/mol.